The monoisotopic (exact) mass is 114 g/mol. The SMILES string of the molecule is CC[C]1CSC=N1. The van der Waals surface area contributed by atoms with Gasteiger partial charge in [0, 0.05) is 5.75 Å². The maximum Gasteiger partial charge on any atom is 0.0963 e. The molecule has 0 amide bonds. The van der Waals surface area contributed by atoms with Crippen LogP contribution in [0.15, 0.2) is 4.99 Å². The summed E-state index contributed by atoms with van der Waals surface area (Å²) < 4.78 is 0. The number of hydrogen-bond acceptors (Lipinski definition) is 2. The molecule has 1 aliphatic rings. The van der Waals surface area contributed by atoms with Crippen molar-refractivity contribution in [2.24, 2.45) is 4.99 Å². The Hall–Kier alpha value is 0.0200. The molecule has 0 aromatic carbocycles. The van der Waals surface area contributed by atoms with E-state index in [1.807, 2.05) is 5.55 Å². The smallest absolute Gasteiger partial charge is 0.0963 e. The van der Waals surface area contributed by atoms with Gasteiger partial charge in [0.05, 0.1) is 11.6 Å². The molecule has 0 aromatic rings. The lowest BCUT2D eigenvalue weighted by Crippen LogP contribution is -1.86. The second-order valence-electron chi connectivity index (χ2n) is 1.47. The summed E-state index contributed by atoms with van der Waals surface area (Å²) in [7, 11) is 0. The first-order valence-electron chi connectivity index (χ1n) is 2.42. The van der Waals surface area contributed by atoms with E-state index in [9.17, 15) is 0 Å². The molecule has 0 atom stereocenters. The minimum Gasteiger partial charge on any atom is -0.276 e. The quantitative estimate of drug-likeness (QED) is 0.505. The van der Waals surface area contributed by atoms with Gasteiger partial charge in [-0.1, -0.05) is 6.92 Å². The van der Waals surface area contributed by atoms with Crippen LogP contribution in [0.4, 0.5) is 0 Å². The van der Waals surface area contributed by atoms with Crippen LogP contribution in [0.3, 0.4) is 0 Å². The molecular formula is C5H8NS. The topological polar surface area (TPSA) is 12.4 Å². The van der Waals surface area contributed by atoms with Crippen LogP contribution in [0.5, 0.6) is 0 Å². The Morgan fingerprint density at radius 2 is 2.86 bits per heavy atom. The van der Waals surface area contributed by atoms with Gasteiger partial charge in [-0.05, 0) is 6.42 Å². The van der Waals surface area contributed by atoms with E-state index >= 15 is 0 Å². The molecule has 1 radical (unpaired) electrons. The van der Waals surface area contributed by atoms with Gasteiger partial charge < -0.3 is 0 Å². The van der Waals surface area contributed by atoms with E-state index in [0.717, 1.165) is 12.2 Å². The van der Waals surface area contributed by atoms with Crippen LogP contribution in [0, 0.1) is 6.04 Å². The molecule has 1 nitrogen and oxygen atoms in total. The molecule has 39 valence electrons. The van der Waals surface area contributed by atoms with Crippen molar-refractivity contribution in [3.05, 3.63) is 6.04 Å². The number of hydrogen-bond donors (Lipinski definition) is 0. The second kappa shape index (κ2) is 2.36. The van der Waals surface area contributed by atoms with Gasteiger partial charge in [0.25, 0.3) is 0 Å². The molecule has 0 aliphatic carbocycles. The van der Waals surface area contributed by atoms with Crippen molar-refractivity contribution >= 4 is 17.3 Å². The van der Waals surface area contributed by atoms with Crippen LogP contribution in [0.1, 0.15) is 13.3 Å². The highest BCUT2D eigenvalue weighted by atomic mass is 32.2. The molecule has 1 aliphatic heterocycles. The van der Waals surface area contributed by atoms with Gasteiger partial charge in [-0.25, -0.2) is 0 Å². The first-order chi connectivity index (χ1) is 3.43. The predicted molar refractivity (Wildman–Crippen MR) is 34.5 cm³/mol. The van der Waals surface area contributed by atoms with Gasteiger partial charge in [0.1, 0.15) is 0 Å². The van der Waals surface area contributed by atoms with Gasteiger partial charge in [-0.15, -0.1) is 11.8 Å². The van der Waals surface area contributed by atoms with E-state index in [1.165, 1.54) is 6.04 Å². The van der Waals surface area contributed by atoms with Gasteiger partial charge in [-0.2, -0.15) is 0 Å². The fourth-order valence-electron chi connectivity index (χ4n) is 0.476. The predicted octanol–water partition coefficient (Wildman–Crippen LogP) is 1.70. The third-order valence-corrected chi connectivity index (χ3v) is 1.72. The van der Waals surface area contributed by atoms with E-state index in [1.54, 1.807) is 11.8 Å². The lowest BCUT2D eigenvalue weighted by Gasteiger charge is -1.94. The fraction of sp³-hybridized carbons (Fsp3) is 0.600. The van der Waals surface area contributed by atoms with Crippen LogP contribution in [0.25, 0.3) is 0 Å². The van der Waals surface area contributed by atoms with Crippen molar-refractivity contribution in [3.63, 3.8) is 0 Å². The second-order valence-corrected chi connectivity index (χ2v) is 2.30. The first kappa shape index (κ1) is 5.16. The number of thioether (sulfide) groups is 1. The van der Waals surface area contributed by atoms with Crippen molar-refractivity contribution in [1.29, 1.82) is 0 Å². The molecule has 1 heterocycles. The average molecular weight is 114 g/mol. The number of rotatable bonds is 1. The molecule has 0 aromatic heterocycles. The Kier molecular flexibility index (Phi) is 1.74. The lowest BCUT2D eigenvalue weighted by molar-refractivity contribution is 0.913. The van der Waals surface area contributed by atoms with Gasteiger partial charge in [-0.3, -0.25) is 4.99 Å². The standard InChI is InChI=1S/C5H8NS/c1-2-5-3-7-4-6-5/h4H,2-3H2,1H3. The van der Waals surface area contributed by atoms with Crippen LogP contribution in [-0.2, 0) is 0 Å². The zero-order chi connectivity index (χ0) is 5.11. The largest absolute Gasteiger partial charge is 0.276 e. The molecule has 0 spiro atoms. The normalized spacial score (nSPS) is 21.3. The van der Waals surface area contributed by atoms with Gasteiger partial charge in [0.15, 0.2) is 0 Å². The number of aliphatic imine (C=N–C) groups is 1. The lowest BCUT2D eigenvalue weighted by atomic mass is 10.3. The van der Waals surface area contributed by atoms with Crippen molar-refractivity contribution < 1.29 is 0 Å². The molecule has 0 saturated carbocycles. The van der Waals surface area contributed by atoms with Crippen LogP contribution < -0.4 is 0 Å². The van der Waals surface area contributed by atoms with Crippen LogP contribution in [-0.4, -0.2) is 11.3 Å². The summed E-state index contributed by atoms with van der Waals surface area (Å²) in [5, 5.41) is 0. The summed E-state index contributed by atoms with van der Waals surface area (Å²) in [5.74, 6) is 1.12. The molecular weight excluding hydrogens is 106 g/mol. The summed E-state index contributed by atoms with van der Waals surface area (Å²) in [6, 6.07) is 1.32. The van der Waals surface area contributed by atoms with Crippen LogP contribution in [0.2, 0.25) is 0 Å². The Balaban J connectivity index is 2.28. The van der Waals surface area contributed by atoms with Gasteiger partial charge in [0.2, 0.25) is 0 Å². The highest BCUT2D eigenvalue weighted by molar-refractivity contribution is 8.12. The van der Waals surface area contributed by atoms with E-state index in [0.29, 0.717) is 0 Å². The molecule has 2 heteroatoms. The average Bonchev–Trinajstić information content (AvgIpc) is 2.14. The minimum absolute atomic E-state index is 1.11. The fourth-order valence-corrected chi connectivity index (χ4v) is 1.25. The summed E-state index contributed by atoms with van der Waals surface area (Å²) in [5.41, 5.74) is 1.92. The molecule has 0 saturated heterocycles. The van der Waals surface area contributed by atoms with E-state index in [2.05, 4.69) is 11.9 Å². The minimum atomic E-state index is 1.11. The van der Waals surface area contributed by atoms with Crippen molar-refractivity contribution in [2.75, 3.05) is 5.75 Å². The summed E-state index contributed by atoms with van der Waals surface area (Å²) in [6.07, 6.45) is 1.11. The van der Waals surface area contributed by atoms with E-state index in [-0.39, 0.29) is 0 Å². The Labute approximate surface area is 48.2 Å². The maximum absolute atomic E-state index is 4.11. The maximum atomic E-state index is 4.11. The van der Waals surface area contributed by atoms with Crippen molar-refractivity contribution in [2.45, 2.75) is 13.3 Å². The number of nitrogens with zero attached hydrogens (tertiary/aromatic N) is 1. The van der Waals surface area contributed by atoms with E-state index in [4.69, 9.17) is 0 Å². The zero-order valence-electron chi connectivity index (χ0n) is 4.35. The molecule has 1 rings (SSSR count). The molecule has 0 unspecified atom stereocenters. The first-order valence-corrected chi connectivity index (χ1v) is 3.47. The summed E-state index contributed by atoms with van der Waals surface area (Å²) in [4.78, 5) is 4.11. The summed E-state index contributed by atoms with van der Waals surface area (Å²) in [6.45, 7) is 2.14. The zero-order valence-corrected chi connectivity index (χ0v) is 5.16. The Bertz CT molecular complexity index is 80.1. The third kappa shape index (κ3) is 1.20. The molecule has 0 fully saturated rings. The summed E-state index contributed by atoms with van der Waals surface area (Å²) >= 11 is 1.78. The third-order valence-electron chi connectivity index (χ3n) is 0.968. The van der Waals surface area contributed by atoms with Crippen molar-refractivity contribution in [1.82, 2.24) is 0 Å². The Morgan fingerprint density at radius 1 is 2.00 bits per heavy atom. The van der Waals surface area contributed by atoms with Crippen molar-refractivity contribution in [3.8, 4) is 0 Å². The molecule has 0 bridgehead atoms. The van der Waals surface area contributed by atoms with Crippen LogP contribution >= 0.6 is 11.8 Å². The van der Waals surface area contributed by atoms with E-state index < -0.39 is 0 Å². The molecule has 7 heavy (non-hydrogen) atoms. The Morgan fingerprint density at radius 3 is 3.14 bits per heavy atom. The van der Waals surface area contributed by atoms with Gasteiger partial charge >= 0.3 is 0 Å². The highest BCUT2D eigenvalue weighted by Crippen LogP contribution is 2.19. The highest BCUT2D eigenvalue weighted by Gasteiger charge is 2.07. The molecule has 0 N–H and O–H groups in total.